The molecule has 0 bridgehead atoms. The van der Waals surface area contributed by atoms with Gasteiger partial charge in [-0.25, -0.2) is 0 Å². The van der Waals surface area contributed by atoms with Crippen LogP contribution in [0.2, 0.25) is 5.02 Å². The third-order valence-electron chi connectivity index (χ3n) is 3.06. The molecule has 2 unspecified atom stereocenters. The fraction of sp³-hybridized carbons (Fsp3) is 0.636. The SMILES string of the molecule is CCNCC1CCC1c1sccc1Cl. The summed E-state index contributed by atoms with van der Waals surface area (Å²) in [6.45, 7) is 4.38. The summed E-state index contributed by atoms with van der Waals surface area (Å²) in [4.78, 5) is 1.40. The van der Waals surface area contributed by atoms with Gasteiger partial charge in [0.25, 0.3) is 0 Å². The number of thiophene rings is 1. The Bertz CT molecular complexity index is 297. The summed E-state index contributed by atoms with van der Waals surface area (Å²) in [5.41, 5.74) is 0. The van der Waals surface area contributed by atoms with Gasteiger partial charge in [0.15, 0.2) is 0 Å². The first-order chi connectivity index (χ1) is 6.83. The standard InChI is InChI=1S/C11H16ClNS/c1-2-13-7-8-3-4-9(8)11-10(12)5-6-14-11/h5-6,8-9,13H,2-4,7H2,1H3. The van der Waals surface area contributed by atoms with Crippen molar-refractivity contribution >= 4 is 22.9 Å². The number of halogens is 1. The van der Waals surface area contributed by atoms with Crippen molar-refractivity contribution in [3.63, 3.8) is 0 Å². The van der Waals surface area contributed by atoms with Crippen LogP contribution < -0.4 is 5.32 Å². The zero-order chi connectivity index (χ0) is 9.97. The van der Waals surface area contributed by atoms with E-state index in [9.17, 15) is 0 Å². The normalized spacial score (nSPS) is 26.1. The Morgan fingerprint density at radius 1 is 1.57 bits per heavy atom. The van der Waals surface area contributed by atoms with E-state index in [-0.39, 0.29) is 0 Å². The molecule has 1 aromatic heterocycles. The smallest absolute Gasteiger partial charge is 0.0547 e. The lowest BCUT2D eigenvalue weighted by Gasteiger charge is -2.36. The Morgan fingerprint density at radius 2 is 2.43 bits per heavy atom. The van der Waals surface area contributed by atoms with E-state index in [0.29, 0.717) is 0 Å². The van der Waals surface area contributed by atoms with Crippen molar-refractivity contribution in [2.24, 2.45) is 5.92 Å². The predicted octanol–water partition coefficient (Wildman–Crippen LogP) is 3.50. The van der Waals surface area contributed by atoms with Gasteiger partial charge < -0.3 is 5.32 Å². The summed E-state index contributed by atoms with van der Waals surface area (Å²) in [5, 5.41) is 6.49. The van der Waals surface area contributed by atoms with Gasteiger partial charge in [-0.15, -0.1) is 11.3 Å². The molecule has 0 amide bonds. The molecule has 0 aliphatic heterocycles. The first-order valence-electron chi connectivity index (χ1n) is 5.26. The predicted molar refractivity (Wildman–Crippen MR) is 63.3 cm³/mol. The Labute approximate surface area is 94.5 Å². The minimum atomic E-state index is 0.724. The second-order valence-electron chi connectivity index (χ2n) is 3.88. The lowest BCUT2D eigenvalue weighted by Crippen LogP contribution is -2.33. The van der Waals surface area contributed by atoms with E-state index in [2.05, 4.69) is 17.6 Å². The topological polar surface area (TPSA) is 12.0 Å². The number of hydrogen-bond donors (Lipinski definition) is 1. The van der Waals surface area contributed by atoms with Crippen LogP contribution in [0.4, 0.5) is 0 Å². The minimum Gasteiger partial charge on any atom is -0.317 e. The van der Waals surface area contributed by atoms with Crippen LogP contribution >= 0.6 is 22.9 Å². The van der Waals surface area contributed by atoms with Crippen molar-refractivity contribution in [1.82, 2.24) is 5.32 Å². The molecule has 0 aromatic carbocycles. The third kappa shape index (κ3) is 1.97. The van der Waals surface area contributed by atoms with Crippen molar-refractivity contribution in [1.29, 1.82) is 0 Å². The van der Waals surface area contributed by atoms with Crippen LogP contribution in [0.3, 0.4) is 0 Å². The van der Waals surface area contributed by atoms with Gasteiger partial charge in [0.1, 0.15) is 0 Å². The van der Waals surface area contributed by atoms with Crippen molar-refractivity contribution in [3.05, 3.63) is 21.3 Å². The van der Waals surface area contributed by atoms with Crippen LogP contribution in [-0.2, 0) is 0 Å². The number of rotatable bonds is 4. The molecule has 1 aliphatic carbocycles. The summed E-state index contributed by atoms with van der Waals surface area (Å²) in [7, 11) is 0. The molecular weight excluding hydrogens is 214 g/mol. The lowest BCUT2D eigenvalue weighted by molar-refractivity contribution is 0.251. The maximum atomic E-state index is 6.14. The molecule has 2 atom stereocenters. The van der Waals surface area contributed by atoms with E-state index in [0.717, 1.165) is 29.9 Å². The fourth-order valence-electron chi connectivity index (χ4n) is 2.06. The highest BCUT2D eigenvalue weighted by Gasteiger charge is 2.33. The summed E-state index contributed by atoms with van der Waals surface area (Å²) >= 11 is 7.95. The molecule has 78 valence electrons. The van der Waals surface area contributed by atoms with Gasteiger partial charge in [0.05, 0.1) is 5.02 Å². The summed E-state index contributed by atoms with van der Waals surface area (Å²) < 4.78 is 0. The summed E-state index contributed by atoms with van der Waals surface area (Å²) in [5.74, 6) is 1.53. The Hall–Kier alpha value is -0.0500. The number of hydrogen-bond acceptors (Lipinski definition) is 2. The van der Waals surface area contributed by atoms with E-state index < -0.39 is 0 Å². The molecule has 1 aliphatic rings. The van der Waals surface area contributed by atoms with Gasteiger partial charge in [-0.3, -0.25) is 0 Å². The number of nitrogens with one attached hydrogen (secondary N) is 1. The highest BCUT2D eigenvalue weighted by atomic mass is 35.5. The zero-order valence-electron chi connectivity index (χ0n) is 8.42. The molecule has 2 rings (SSSR count). The van der Waals surface area contributed by atoms with Gasteiger partial charge in [-0.05, 0) is 49.2 Å². The fourth-order valence-corrected chi connectivity index (χ4v) is 3.49. The molecule has 0 saturated heterocycles. The quantitative estimate of drug-likeness (QED) is 0.834. The Balaban J connectivity index is 1.96. The van der Waals surface area contributed by atoms with Gasteiger partial charge in [0, 0.05) is 4.88 Å². The van der Waals surface area contributed by atoms with Gasteiger partial charge in [-0.1, -0.05) is 18.5 Å². The molecule has 1 N–H and O–H groups in total. The maximum Gasteiger partial charge on any atom is 0.0547 e. The maximum absolute atomic E-state index is 6.14. The van der Waals surface area contributed by atoms with Crippen LogP contribution in [0, 0.1) is 5.92 Å². The second-order valence-corrected chi connectivity index (χ2v) is 5.24. The molecule has 1 saturated carbocycles. The van der Waals surface area contributed by atoms with Gasteiger partial charge in [0.2, 0.25) is 0 Å². The van der Waals surface area contributed by atoms with Crippen LogP contribution in [0.5, 0.6) is 0 Å². The monoisotopic (exact) mass is 229 g/mol. The second kappa shape index (κ2) is 4.65. The van der Waals surface area contributed by atoms with Crippen LogP contribution in [0.1, 0.15) is 30.6 Å². The van der Waals surface area contributed by atoms with Gasteiger partial charge >= 0.3 is 0 Å². The van der Waals surface area contributed by atoms with E-state index in [1.807, 2.05) is 17.4 Å². The Morgan fingerprint density at radius 3 is 2.93 bits per heavy atom. The van der Waals surface area contributed by atoms with Crippen molar-refractivity contribution in [2.75, 3.05) is 13.1 Å². The molecule has 1 nitrogen and oxygen atoms in total. The zero-order valence-corrected chi connectivity index (χ0v) is 10.00. The molecule has 1 fully saturated rings. The minimum absolute atomic E-state index is 0.724. The average Bonchev–Trinajstić information content (AvgIpc) is 2.51. The van der Waals surface area contributed by atoms with Crippen LogP contribution in [0.25, 0.3) is 0 Å². The van der Waals surface area contributed by atoms with E-state index in [1.165, 1.54) is 17.7 Å². The van der Waals surface area contributed by atoms with Crippen molar-refractivity contribution in [3.8, 4) is 0 Å². The molecule has 0 radical (unpaired) electrons. The lowest BCUT2D eigenvalue weighted by atomic mass is 9.73. The summed E-state index contributed by atoms with van der Waals surface area (Å²) in [6, 6.07) is 2.02. The van der Waals surface area contributed by atoms with E-state index >= 15 is 0 Å². The van der Waals surface area contributed by atoms with Crippen molar-refractivity contribution < 1.29 is 0 Å². The molecule has 1 heterocycles. The highest BCUT2D eigenvalue weighted by Crippen LogP contribution is 2.46. The first kappa shape index (κ1) is 10.5. The molecule has 14 heavy (non-hydrogen) atoms. The molecule has 3 heteroatoms. The molecule has 1 aromatic rings. The van der Waals surface area contributed by atoms with Crippen LogP contribution in [-0.4, -0.2) is 13.1 Å². The third-order valence-corrected chi connectivity index (χ3v) is 4.55. The largest absolute Gasteiger partial charge is 0.317 e. The molecular formula is C11H16ClNS. The summed E-state index contributed by atoms with van der Waals surface area (Å²) in [6.07, 6.45) is 2.67. The highest BCUT2D eigenvalue weighted by molar-refractivity contribution is 7.10. The van der Waals surface area contributed by atoms with E-state index in [4.69, 9.17) is 11.6 Å². The van der Waals surface area contributed by atoms with Crippen LogP contribution in [0.15, 0.2) is 11.4 Å². The Kier molecular flexibility index (Phi) is 3.47. The van der Waals surface area contributed by atoms with E-state index in [1.54, 1.807) is 0 Å². The average molecular weight is 230 g/mol. The molecule has 0 spiro atoms. The van der Waals surface area contributed by atoms with Gasteiger partial charge in [-0.2, -0.15) is 0 Å². The first-order valence-corrected chi connectivity index (χ1v) is 6.52. The van der Waals surface area contributed by atoms with Crippen molar-refractivity contribution in [2.45, 2.75) is 25.7 Å².